The summed E-state index contributed by atoms with van der Waals surface area (Å²) in [6.07, 6.45) is 0. The highest BCUT2D eigenvalue weighted by Gasteiger charge is 2.12. The smallest absolute Gasteiger partial charge is 0.323 e. The van der Waals surface area contributed by atoms with Crippen LogP contribution in [-0.2, 0) is 4.79 Å². The first kappa shape index (κ1) is 25.1. The Morgan fingerprint density at radius 2 is 1.56 bits per heavy atom. The van der Waals surface area contributed by atoms with Gasteiger partial charge in [-0.2, -0.15) is 0 Å². The number of urea groups is 1. The Kier molecular flexibility index (Phi) is 8.43. The Morgan fingerprint density at radius 1 is 0.861 bits per heavy atom. The summed E-state index contributed by atoms with van der Waals surface area (Å²) in [4.78, 5) is 30.0. The van der Waals surface area contributed by atoms with Crippen LogP contribution in [0.5, 0.6) is 11.5 Å². The number of amides is 3. The molecule has 0 aliphatic heterocycles. The Hall–Kier alpha value is -4.02. The van der Waals surface area contributed by atoms with Crippen molar-refractivity contribution in [2.75, 3.05) is 35.9 Å². The normalized spacial score (nSPS) is 10.4. The lowest BCUT2D eigenvalue weighted by Crippen LogP contribution is -2.19. The van der Waals surface area contributed by atoms with Gasteiger partial charge < -0.3 is 25.4 Å². The SMILES string of the molecule is COc1ccc(-c2csc(NC(=O)CSc3ccc(NC(=O)Nc4ccccc4)cc3)n2)cc1OC. The van der Waals surface area contributed by atoms with Crippen molar-refractivity contribution in [2.45, 2.75) is 4.90 Å². The zero-order valence-electron chi connectivity index (χ0n) is 19.6. The molecule has 0 aliphatic carbocycles. The maximum atomic E-state index is 12.4. The predicted molar refractivity (Wildman–Crippen MR) is 146 cm³/mol. The fourth-order valence-electron chi connectivity index (χ4n) is 3.21. The van der Waals surface area contributed by atoms with E-state index < -0.39 is 0 Å². The second-order valence-electron chi connectivity index (χ2n) is 7.41. The first-order valence-corrected chi connectivity index (χ1v) is 12.7. The number of methoxy groups -OCH3 is 2. The van der Waals surface area contributed by atoms with Gasteiger partial charge in [0.1, 0.15) is 0 Å². The molecule has 1 heterocycles. The number of carbonyl (C=O) groups is 2. The quantitative estimate of drug-likeness (QED) is 0.227. The molecule has 0 atom stereocenters. The molecular formula is C26H24N4O4S2. The molecule has 0 radical (unpaired) electrons. The van der Waals surface area contributed by atoms with Crippen molar-refractivity contribution in [3.63, 3.8) is 0 Å². The van der Waals surface area contributed by atoms with E-state index in [9.17, 15) is 9.59 Å². The number of nitrogens with one attached hydrogen (secondary N) is 3. The first-order valence-electron chi connectivity index (χ1n) is 10.9. The Bertz CT molecular complexity index is 1330. The van der Waals surface area contributed by atoms with Crippen LogP contribution >= 0.6 is 23.1 Å². The van der Waals surface area contributed by atoms with E-state index in [1.54, 1.807) is 26.4 Å². The van der Waals surface area contributed by atoms with Crippen LogP contribution in [0.4, 0.5) is 21.3 Å². The van der Waals surface area contributed by atoms with Crippen LogP contribution in [-0.4, -0.2) is 36.9 Å². The molecule has 4 aromatic rings. The van der Waals surface area contributed by atoms with Gasteiger partial charge in [0.25, 0.3) is 0 Å². The Labute approximate surface area is 217 Å². The van der Waals surface area contributed by atoms with E-state index in [1.807, 2.05) is 66.0 Å². The van der Waals surface area contributed by atoms with Gasteiger partial charge in [-0.25, -0.2) is 9.78 Å². The summed E-state index contributed by atoms with van der Waals surface area (Å²) in [5.74, 6) is 1.33. The summed E-state index contributed by atoms with van der Waals surface area (Å²) in [7, 11) is 3.17. The number of thioether (sulfide) groups is 1. The van der Waals surface area contributed by atoms with Crippen LogP contribution in [0.3, 0.4) is 0 Å². The summed E-state index contributed by atoms with van der Waals surface area (Å²) in [6, 6.07) is 21.7. The summed E-state index contributed by atoms with van der Waals surface area (Å²) >= 11 is 2.75. The van der Waals surface area contributed by atoms with E-state index in [0.717, 1.165) is 16.2 Å². The monoisotopic (exact) mass is 520 g/mol. The van der Waals surface area contributed by atoms with Gasteiger partial charge >= 0.3 is 6.03 Å². The second kappa shape index (κ2) is 12.1. The molecule has 0 fully saturated rings. The van der Waals surface area contributed by atoms with Crippen LogP contribution in [0, 0.1) is 0 Å². The fraction of sp³-hybridized carbons (Fsp3) is 0.115. The number of rotatable bonds is 9. The third-order valence-corrected chi connectivity index (χ3v) is 6.71. The number of hydrogen-bond acceptors (Lipinski definition) is 7. The molecule has 0 bridgehead atoms. The molecule has 3 aromatic carbocycles. The predicted octanol–water partition coefficient (Wildman–Crippen LogP) is 6.20. The van der Waals surface area contributed by atoms with Gasteiger partial charge in [0.05, 0.1) is 25.7 Å². The van der Waals surface area contributed by atoms with Gasteiger partial charge in [-0.3, -0.25) is 4.79 Å². The first-order chi connectivity index (χ1) is 17.5. The van der Waals surface area contributed by atoms with Gasteiger partial charge in [0.15, 0.2) is 16.6 Å². The van der Waals surface area contributed by atoms with Crippen LogP contribution in [0.25, 0.3) is 11.3 Å². The summed E-state index contributed by atoms with van der Waals surface area (Å²) in [6.45, 7) is 0. The summed E-state index contributed by atoms with van der Waals surface area (Å²) in [5.41, 5.74) is 2.97. The number of benzene rings is 3. The van der Waals surface area contributed by atoms with Gasteiger partial charge in [0, 0.05) is 27.2 Å². The maximum absolute atomic E-state index is 12.4. The molecule has 0 saturated carbocycles. The molecule has 0 aliphatic rings. The van der Waals surface area contributed by atoms with Crippen LogP contribution in [0.15, 0.2) is 83.1 Å². The van der Waals surface area contributed by atoms with Crippen molar-refractivity contribution < 1.29 is 19.1 Å². The lowest BCUT2D eigenvalue weighted by Gasteiger charge is -2.08. The van der Waals surface area contributed by atoms with Crippen molar-refractivity contribution in [2.24, 2.45) is 0 Å². The third kappa shape index (κ3) is 6.77. The highest BCUT2D eigenvalue weighted by atomic mass is 32.2. The van der Waals surface area contributed by atoms with E-state index in [4.69, 9.17) is 9.47 Å². The standard InChI is InChI=1S/C26H24N4O4S2/c1-33-22-13-8-17(14-23(22)34-2)21-15-36-26(29-21)30-24(31)16-35-20-11-9-19(10-12-20)28-25(32)27-18-6-4-3-5-7-18/h3-15H,16H2,1-2H3,(H2,27,28,32)(H,29,30,31). The van der Waals surface area contributed by atoms with E-state index in [1.165, 1.54) is 23.1 Å². The number of anilines is 3. The average molecular weight is 521 g/mol. The zero-order chi connectivity index (χ0) is 25.3. The summed E-state index contributed by atoms with van der Waals surface area (Å²) < 4.78 is 10.6. The lowest BCUT2D eigenvalue weighted by molar-refractivity contribution is -0.113. The molecule has 1 aromatic heterocycles. The highest BCUT2D eigenvalue weighted by molar-refractivity contribution is 8.00. The number of thiazole rings is 1. The molecular weight excluding hydrogens is 496 g/mol. The van der Waals surface area contributed by atoms with Crippen molar-refractivity contribution >= 4 is 51.5 Å². The second-order valence-corrected chi connectivity index (χ2v) is 9.32. The minimum absolute atomic E-state index is 0.155. The van der Waals surface area contributed by atoms with Crippen LogP contribution in [0.1, 0.15) is 0 Å². The van der Waals surface area contributed by atoms with E-state index >= 15 is 0 Å². The molecule has 184 valence electrons. The number of aromatic nitrogens is 1. The minimum Gasteiger partial charge on any atom is -0.493 e. The molecule has 8 nitrogen and oxygen atoms in total. The fourth-order valence-corrected chi connectivity index (χ4v) is 4.65. The maximum Gasteiger partial charge on any atom is 0.323 e. The molecule has 3 amide bonds. The Morgan fingerprint density at radius 3 is 2.25 bits per heavy atom. The van der Waals surface area contributed by atoms with E-state index in [2.05, 4.69) is 20.9 Å². The zero-order valence-corrected chi connectivity index (χ0v) is 21.2. The van der Waals surface area contributed by atoms with E-state index in [-0.39, 0.29) is 17.7 Å². The van der Waals surface area contributed by atoms with Gasteiger partial charge in [-0.05, 0) is 54.6 Å². The van der Waals surface area contributed by atoms with Gasteiger partial charge in [-0.1, -0.05) is 18.2 Å². The number of hydrogen-bond donors (Lipinski definition) is 3. The number of ether oxygens (including phenoxy) is 2. The van der Waals surface area contributed by atoms with Crippen LogP contribution < -0.4 is 25.4 Å². The molecule has 10 heteroatoms. The molecule has 3 N–H and O–H groups in total. The van der Waals surface area contributed by atoms with Crippen molar-refractivity contribution in [3.8, 4) is 22.8 Å². The largest absolute Gasteiger partial charge is 0.493 e. The molecule has 4 rings (SSSR count). The van der Waals surface area contributed by atoms with Gasteiger partial charge in [0.2, 0.25) is 5.91 Å². The highest BCUT2D eigenvalue weighted by Crippen LogP contribution is 2.33. The minimum atomic E-state index is -0.322. The molecule has 0 spiro atoms. The molecule has 36 heavy (non-hydrogen) atoms. The van der Waals surface area contributed by atoms with Crippen molar-refractivity contribution in [3.05, 3.63) is 78.2 Å². The molecule has 0 saturated heterocycles. The molecule has 0 unspecified atom stereocenters. The van der Waals surface area contributed by atoms with E-state index in [0.29, 0.717) is 28.0 Å². The van der Waals surface area contributed by atoms with Gasteiger partial charge in [-0.15, -0.1) is 23.1 Å². The van der Waals surface area contributed by atoms with Crippen molar-refractivity contribution in [1.82, 2.24) is 4.98 Å². The summed E-state index contributed by atoms with van der Waals surface area (Å²) in [5, 5.41) is 10.8. The lowest BCUT2D eigenvalue weighted by atomic mass is 10.1. The number of para-hydroxylation sites is 1. The number of nitrogens with zero attached hydrogens (tertiary/aromatic N) is 1. The average Bonchev–Trinajstić information content (AvgIpc) is 3.36. The topological polar surface area (TPSA) is 102 Å². The van der Waals surface area contributed by atoms with Crippen LogP contribution in [0.2, 0.25) is 0 Å². The third-order valence-electron chi connectivity index (χ3n) is 4.94. The Balaban J connectivity index is 1.26. The van der Waals surface area contributed by atoms with Crippen molar-refractivity contribution in [1.29, 1.82) is 0 Å². The number of carbonyl (C=O) groups excluding carboxylic acids is 2.